The molecule has 1 saturated carbocycles. The molecule has 2 aliphatic rings. The largest absolute Gasteiger partial charge is 0.508 e. The van der Waals surface area contributed by atoms with Gasteiger partial charge < -0.3 is 14.9 Å². The van der Waals surface area contributed by atoms with Crippen LogP contribution in [0.4, 0.5) is 0 Å². The second-order valence-corrected chi connectivity index (χ2v) is 6.93. The summed E-state index contributed by atoms with van der Waals surface area (Å²) in [5.41, 5.74) is 4.00. The maximum absolute atomic E-state index is 10.1. The fraction of sp³-hybridized carbons (Fsp3) is 0.455. The van der Waals surface area contributed by atoms with Gasteiger partial charge in [0.2, 0.25) is 0 Å². The Morgan fingerprint density at radius 3 is 2.28 bits per heavy atom. The number of hydrogen-bond donors (Lipinski definition) is 2. The topological polar surface area (TPSA) is 49.7 Å². The van der Waals surface area contributed by atoms with Crippen molar-refractivity contribution in [2.45, 2.75) is 59.3 Å². The van der Waals surface area contributed by atoms with Crippen molar-refractivity contribution in [3.63, 3.8) is 0 Å². The molecule has 1 fully saturated rings. The molecule has 134 valence electrons. The van der Waals surface area contributed by atoms with Gasteiger partial charge in [0.1, 0.15) is 23.0 Å². The minimum Gasteiger partial charge on any atom is -0.508 e. The quantitative estimate of drug-likeness (QED) is 0.653. The van der Waals surface area contributed by atoms with E-state index < -0.39 is 0 Å². The van der Waals surface area contributed by atoms with E-state index in [1.807, 2.05) is 33.8 Å². The van der Waals surface area contributed by atoms with E-state index in [9.17, 15) is 10.2 Å². The van der Waals surface area contributed by atoms with Gasteiger partial charge in [-0.3, -0.25) is 0 Å². The molecule has 1 heterocycles. The Hall–Kier alpha value is -2.16. The van der Waals surface area contributed by atoms with E-state index in [0.29, 0.717) is 5.92 Å². The number of fused-ring (bicyclic) bond motifs is 2. The van der Waals surface area contributed by atoms with Crippen molar-refractivity contribution in [1.82, 2.24) is 0 Å². The van der Waals surface area contributed by atoms with E-state index in [-0.39, 0.29) is 17.4 Å². The van der Waals surface area contributed by atoms with Crippen LogP contribution in [-0.4, -0.2) is 10.2 Å². The van der Waals surface area contributed by atoms with Gasteiger partial charge in [0.25, 0.3) is 0 Å². The Balaban J connectivity index is 0.000000880. The van der Waals surface area contributed by atoms with Gasteiger partial charge in [-0.25, -0.2) is 0 Å². The normalized spacial score (nSPS) is 18.6. The fourth-order valence-corrected chi connectivity index (χ4v) is 4.19. The monoisotopic (exact) mass is 340 g/mol. The first-order valence-electron chi connectivity index (χ1n) is 9.40. The van der Waals surface area contributed by atoms with Gasteiger partial charge >= 0.3 is 0 Å². The summed E-state index contributed by atoms with van der Waals surface area (Å²) in [4.78, 5) is 0. The molecule has 2 aromatic carbocycles. The van der Waals surface area contributed by atoms with Crippen LogP contribution in [0.2, 0.25) is 0 Å². The predicted molar refractivity (Wildman–Crippen MR) is 101 cm³/mol. The Bertz CT molecular complexity index is 771. The summed E-state index contributed by atoms with van der Waals surface area (Å²) in [5.74, 6) is 2.90. The van der Waals surface area contributed by atoms with Crippen molar-refractivity contribution in [3.05, 3.63) is 46.5 Å². The SMILES string of the molecule is CC.Cc1cc2c(cc1O)Oc1c(ccc(O)c1C)C2C1CCCC1. The summed E-state index contributed by atoms with van der Waals surface area (Å²) in [6.45, 7) is 7.82. The third-order valence-electron chi connectivity index (χ3n) is 5.49. The lowest BCUT2D eigenvalue weighted by Gasteiger charge is -2.33. The molecule has 2 aromatic rings. The molecule has 3 heteroatoms. The van der Waals surface area contributed by atoms with Gasteiger partial charge in [-0.15, -0.1) is 0 Å². The van der Waals surface area contributed by atoms with Crippen LogP contribution in [0, 0.1) is 19.8 Å². The summed E-state index contributed by atoms with van der Waals surface area (Å²) in [6, 6.07) is 7.57. The van der Waals surface area contributed by atoms with Crippen LogP contribution in [0.25, 0.3) is 0 Å². The summed E-state index contributed by atoms with van der Waals surface area (Å²) in [5, 5.41) is 20.1. The summed E-state index contributed by atoms with van der Waals surface area (Å²) >= 11 is 0. The zero-order chi connectivity index (χ0) is 18.1. The summed E-state index contributed by atoms with van der Waals surface area (Å²) < 4.78 is 6.09. The van der Waals surface area contributed by atoms with Crippen LogP contribution in [0.1, 0.15) is 67.7 Å². The molecule has 2 N–H and O–H groups in total. The number of hydrogen-bond acceptors (Lipinski definition) is 3. The van der Waals surface area contributed by atoms with E-state index in [4.69, 9.17) is 4.74 Å². The molecular formula is C22H28O3. The van der Waals surface area contributed by atoms with Crippen LogP contribution < -0.4 is 4.74 Å². The lowest BCUT2D eigenvalue weighted by atomic mass is 9.77. The molecule has 1 aliphatic carbocycles. The van der Waals surface area contributed by atoms with Crippen molar-refractivity contribution in [1.29, 1.82) is 0 Å². The van der Waals surface area contributed by atoms with Gasteiger partial charge in [0.15, 0.2) is 0 Å². The third-order valence-corrected chi connectivity index (χ3v) is 5.49. The zero-order valence-electron chi connectivity index (χ0n) is 15.6. The Labute approximate surface area is 150 Å². The number of rotatable bonds is 1. The first kappa shape index (κ1) is 17.7. The number of benzene rings is 2. The molecule has 1 atom stereocenters. The number of phenolic OH excluding ortho intramolecular Hbond substituents is 2. The van der Waals surface area contributed by atoms with Crippen molar-refractivity contribution >= 4 is 0 Å². The molecular weight excluding hydrogens is 312 g/mol. The Morgan fingerprint density at radius 2 is 1.60 bits per heavy atom. The second-order valence-electron chi connectivity index (χ2n) is 6.93. The molecule has 0 spiro atoms. The van der Waals surface area contributed by atoms with Gasteiger partial charge in [-0.05, 0) is 50.3 Å². The van der Waals surface area contributed by atoms with Gasteiger partial charge in [-0.2, -0.15) is 0 Å². The van der Waals surface area contributed by atoms with Gasteiger partial charge in [0, 0.05) is 28.7 Å². The first-order chi connectivity index (χ1) is 12.1. The highest BCUT2D eigenvalue weighted by Crippen LogP contribution is 2.54. The number of aromatic hydroxyl groups is 2. The van der Waals surface area contributed by atoms with Gasteiger partial charge in [-0.1, -0.05) is 32.8 Å². The maximum atomic E-state index is 10.1. The maximum Gasteiger partial charge on any atom is 0.137 e. The lowest BCUT2D eigenvalue weighted by molar-refractivity contribution is 0.385. The second kappa shape index (κ2) is 6.99. The Morgan fingerprint density at radius 1 is 0.920 bits per heavy atom. The zero-order valence-corrected chi connectivity index (χ0v) is 15.6. The first-order valence-corrected chi connectivity index (χ1v) is 9.40. The molecule has 4 rings (SSSR count). The van der Waals surface area contributed by atoms with Crippen molar-refractivity contribution < 1.29 is 14.9 Å². The smallest absolute Gasteiger partial charge is 0.137 e. The highest BCUT2D eigenvalue weighted by molar-refractivity contribution is 5.61. The average Bonchev–Trinajstić information content (AvgIpc) is 3.14. The molecule has 3 nitrogen and oxygen atoms in total. The minimum absolute atomic E-state index is 0.258. The molecule has 0 amide bonds. The van der Waals surface area contributed by atoms with Crippen LogP contribution >= 0.6 is 0 Å². The minimum atomic E-state index is 0.258. The number of phenols is 2. The van der Waals surface area contributed by atoms with E-state index in [1.165, 1.54) is 36.8 Å². The van der Waals surface area contributed by atoms with Crippen LogP contribution in [0.15, 0.2) is 24.3 Å². The molecule has 0 aromatic heterocycles. The average molecular weight is 340 g/mol. The molecule has 0 bridgehead atoms. The van der Waals surface area contributed by atoms with E-state index in [0.717, 1.165) is 22.6 Å². The van der Waals surface area contributed by atoms with Crippen molar-refractivity contribution in [2.75, 3.05) is 0 Å². The van der Waals surface area contributed by atoms with Crippen molar-refractivity contribution in [3.8, 4) is 23.0 Å². The van der Waals surface area contributed by atoms with Crippen LogP contribution in [0.3, 0.4) is 0 Å². The van der Waals surface area contributed by atoms with E-state index in [2.05, 4.69) is 6.07 Å². The van der Waals surface area contributed by atoms with E-state index in [1.54, 1.807) is 12.1 Å². The summed E-state index contributed by atoms with van der Waals surface area (Å²) in [6.07, 6.45) is 5.01. The number of aryl methyl sites for hydroxylation is 1. The van der Waals surface area contributed by atoms with Crippen LogP contribution in [0.5, 0.6) is 23.0 Å². The predicted octanol–water partition coefficient (Wildman–Crippen LogP) is 6.17. The summed E-state index contributed by atoms with van der Waals surface area (Å²) in [7, 11) is 0. The van der Waals surface area contributed by atoms with Gasteiger partial charge in [0.05, 0.1) is 0 Å². The molecule has 1 aliphatic heterocycles. The lowest BCUT2D eigenvalue weighted by Crippen LogP contribution is -2.18. The Kier molecular flexibility index (Phi) is 4.94. The molecule has 25 heavy (non-hydrogen) atoms. The van der Waals surface area contributed by atoms with Crippen molar-refractivity contribution in [2.24, 2.45) is 5.92 Å². The highest BCUT2D eigenvalue weighted by atomic mass is 16.5. The van der Waals surface area contributed by atoms with E-state index >= 15 is 0 Å². The third kappa shape index (κ3) is 2.97. The fourth-order valence-electron chi connectivity index (χ4n) is 4.19. The number of ether oxygens (including phenoxy) is 1. The molecule has 1 unspecified atom stereocenters. The highest BCUT2D eigenvalue weighted by Gasteiger charge is 2.36. The van der Waals surface area contributed by atoms with Crippen LogP contribution in [-0.2, 0) is 0 Å². The standard InChI is InChI=1S/C20H22O3.C2H6/c1-11-9-15-18(10-17(11)22)23-20-12(2)16(21)8-7-14(20)19(15)13-5-3-4-6-13;1-2/h7-10,13,19,21-22H,3-6H2,1-2H3;1-2H3. The molecule has 0 radical (unpaired) electrons. The molecule has 0 saturated heterocycles.